The molecule has 8 nitrogen and oxygen atoms in total. The minimum Gasteiger partial charge on any atom is -0.423 e. The van der Waals surface area contributed by atoms with Crippen molar-refractivity contribution >= 4 is 17.1 Å². The number of fused-ring (bicyclic) bond motifs is 1. The van der Waals surface area contributed by atoms with Gasteiger partial charge < -0.3 is 14.1 Å². The molecule has 0 saturated heterocycles. The van der Waals surface area contributed by atoms with Crippen LogP contribution in [0.25, 0.3) is 33.6 Å². The maximum absolute atomic E-state index is 6.24. The van der Waals surface area contributed by atoms with Crippen LogP contribution in [-0.4, -0.2) is 39.3 Å². The number of tetrazole rings is 1. The van der Waals surface area contributed by atoms with Crippen molar-refractivity contribution in [2.24, 2.45) is 0 Å². The van der Waals surface area contributed by atoms with Crippen LogP contribution in [0.15, 0.2) is 71.1 Å². The summed E-state index contributed by atoms with van der Waals surface area (Å²) in [5.74, 6) is 0.581. The van der Waals surface area contributed by atoms with Gasteiger partial charge in [0.1, 0.15) is 5.52 Å². The molecule has 2 heterocycles. The highest BCUT2D eigenvalue weighted by Gasteiger charge is 2.22. The third-order valence-electron chi connectivity index (χ3n) is 6.47. The number of H-pyrrole nitrogens is 1. The van der Waals surface area contributed by atoms with Gasteiger partial charge in [-0.15, -0.1) is 10.2 Å². The van der Waals surface area contributed by atoms with Crippen molar-refractivity contribution < 1.29 is 9.15 Å². The molecule has 0 amide bonds. The fraction of sp³-hybridized carbons (Fsp3) is 0.286. The number of oxazole rings is 1. The standard InChI is InChI=1S/C28H30N6O2/c1-4-5-17-34(28-29-26-22(18-35-3)9-8-12-25(26)36-28)19(2)20-13-15-21(16-14-20)23-10-6-7-11-24(23)27-30-32-33-31-27/h6-16,19H,4-5,17-18H2,1-3H3,(H,30,31,32,33)/t19-/m1/s1. The van der Waals surface area contributed by atoms with E-state index in [0.29, 0.717) is 18.4 Å². The highest BCUT2D eigenvalue weighted by Crippen LogP contribution is 2.34. The predicted molar refractivity (Wildman–Crippen MR) is 140 cm³/mol. The smallest absolute Gasteiger partial charge is 0.298 e. The SMILES string of the molecule is CCCCN(c1nc2c(COC)cccc2o1)[C@H](C)c1ccc(-c2ccccc2-c2nn[nH]n2)cc1. The summed E-state index contributed by atoms with van der Waals surface area (Å²) < 4.78 is 11.6. The summed E-state index contributed by atoms with van der Waals surface area (Å²) in [7, 11) is 1.69. The Balaban J connectivity index is 1.46. The lowest BCUT2D eigenvalue weighted by Gasteiger charge is -2.28. The van der Waals surface area contributed by atoms with Gasteiger partial charge in [0.2, 0.25) is 5.82 Å². The van der Waals surface area contributed by atoms with E-state index in [1.807, 2.05) is 36.4 Å². The van der Waals surface area contributed by atoms with Crippen LogP contribution in [0.5, 0.6) is 0 Å². The van der Waals surface area contributed by atoms with E-state index in [4.69, 9.17) is 14.1 Å². The van der Waals surface area contributed by atoms with Gasteiger partial charge in [-0.05, 0) is 41.3 Å². The third-order valence-corrected chi connectivity index (χ3v) is 6.47. The highest BCUT2D eigenvalue weighted by atomic mass is 16.5. The zero-order valence-electron chi connectivity index (χ0n) is 20.8. The molecule has 0 aliphatic heterocycles. The van der Waals surface area contributed by atoms with E-state index in [2.05, 4.69) is 69.7 Å². The van der Waals surface area contributed by atoms with E-state index in [9.17, 15) is 0 Å². The van der Waals surface area contributed by atoms with E-state index in [1.54, 1.807) is 7.11 Å². The van der Waals surface area contributed by atoms with Gasteiger partial charge in [0, 0.05) is 24.8 Å². The Morgan fingerprint density at radius 1 is 1.00 bits per heavy atom. The van der Waals surface area contributed by atoms with Gasteiger partial charge in [0.25, 0.3) is 6.01 Å². The van der Waals surface area contributed by atoms with Crippen molar-refractivity contribution in [1.82, 2.24) is 25.6 Å². The van der Waals surface area contributed by atoms with Crippen molar-refractivity contribution in [3.05, 3.63) is 77.9 Å². The summed E-state index contributed by atoms with van der Waals surface area (Å²) >= 11 is 0. The zero-order chi connectivity index (χ0) is 24.9. The quantitative estimate of drug-likeness (QED) is 0.254. The Hall–Kier alpha value is -4.04. The van der Waals surface area contributed by atoms with Gasteiger partial charge >= 0.3 is 0 Å². The molecule has 5 rings (SSSR count). The van der Waals surface area contributed by atoms with Crippen LogP contribution in [0.4, 0.5) is 6.01 Å². The lowest BCUT2D eigenvalue weighted by molar-refractivity contribution is 0.186. The van der Waals surface area contributed by atoms with Gasteiger partial charge in [-0.1, -0.05) is 74.0 Å². The summed E-state index contributed by atoms with van der Waals surface area (Å²) in [6.45, 7) is 5.75. The number of nitrogens with zero attached hydrogens (tertiary/aromatic N) is 5. The van der Waals surface area contributed by atoms with Gasteiger partial charge in [-0.2, -0.15) is 10.2 Å². The Kier molecular flexibility index (Phi) is 7.04. The fourth-order valence-electron chi connectivity index (χ4n) is 4.50. The first-order valence-electron chi connectivity index (χ1n) is 12.3. The largest absolute Gasteiger partial charge is 0.423 e. The molecule has 0 fully saturated rings. The molecule has 8 heteroatoms. The maximum Gasteiger partial charge on any atom is 0.298 e. The van der Waals surface area contributed by atoms with Crippen molar-refractivity contribution in [1.29, 1.82) is 0 Å². The Morgan fingerprint density at radius 2 is 1.81 bits per heavy atom. The number of hydrogen-bond acceptors (Lipinski definition) is 7. The van der Waals surface area contributed by atoms with Crippen LogP contribution in [0.1, 0.15) is 43.9 Å². The number of anilines is 1. The Labute approximate surface area is 210 Å². The molecule has 0 aliphatic rings. The van der Waals surface area contributed by atoms with Crippen LogP contribution < -0.4 is 4.90 Å². The molecular weight excluding hydrogens is 452 g/mol. The molecule has 2 aromatic heterocycles. The molecule has 36 heavy (non-hydrogen) atoms. The van der Waals surface area contributed by atoms with Crippen LogP contribution >= 0.6 is 0 Å². The van der Waals surface area contributed by atoms with Crippen LogP contribution in [-0.2, 0) is 11.3 Å². The summed E-state index contributed by atoms with van der Waals surface area (Å²) in [5, 5.41) is 14.6. The second-order valence-electron chi connectivity index (χ2n) is 8.82. The molecule has 5 aromatic rings. The third kappa shape index (κ3) is 4.72. The normalized spacial score (nSPS) is 12.2. The molecule has 1 atom stereocenters. The van der Waals surface area contributed by atoms with Crippen molar-refractivity contribution in [2.45, 2.75) is 39.3 Å². The lowest BCUT2D eigenvalue weighted by atomic mass is 9.97. The number of methoxy groups -OCH3 is 1. The monoisotopic (exact) mass is 482 g/mol. The average Bonchev–Trinajstić information content (AvgIpc) is 3.60. The molecule has 0 spiro atoms. The van der Waals surface area contributed by atoms with Gasteiger partial charge in [-0.3, -0.25) is 0 Å². The number of benzene rings is 3. The number of aromatic nitrogens is 5. The second-order valence-corrected chi connectivity index (χ2v) is 8.82. The molecule has 0 aliphatic carbocycles. The second kappa shape index (κ2) is 10.7. The number of unbranched alkanes of at least 4 members (excludes halogenated alkanes) is 1. The van der Waals surface area contributed by atoms with E-state index in [-0.39, 0.29) is 6.04 Å². The number of ether oxygens (including phenoxy) is 1. The maximum atomic E-state index is 6.24. The van der Waals surface area contributed by atoms with E-state index >= 15 is 0 Å². The van der Waals surface area contributed by atoms with E-state index < -0.39 is 0 Å². The molecule has 184 valence electrons. The minimum atomic E-state index is 0.0805. The summed E-state index contributed by atoms with van der Waals surface area (Å²) in [6.07, 6.45) is 2.13. The molecule has 3 aromatic carbocycles. The summed E-state index contributed by atoms with van der Waals surface area (Å²) in [5.41, 5.74) is 6.94. The highest BCUT2D eigenvalue weighted by molar-refractivity contribution is 5.80. The van der Waals surface area contributed by atoms with Gasteiger partial charge in [0.05, 0.1) is 12.6 Å². The van der Waals surface area contributed by atoms with Crippen molar-refractivity contribution in [2.75, 3.05) is 18.6 Å². The summed E-state index contributed by atoms with van der Waals surface area (Å²) in [6, 6.07) is 23.4. The molecule has 0 unspecified atom stereocenters. The number of nitrogens with one attached hydrogen (secondary N) is 1. The van der Waals surface area contributed by atoms with E-state index in [0.717, 1.165) is 52.7 Å². The number of aromatic amines is 1. The predicted octanol–water partition coefficient (Wildman–Crippen LogP) is 6.19. The number of hydrogen-bond donors (Lipinski definition) is 1. The van der Waals surface area contributed by atoms with E-state index in [1.165, 1.54) is 5.56 Å². The summed E-state index contributed by atoms with van der Waals surface area (Å²) in [4.78, 5) is 7.15. The van der Waals surface area contributed by atoms with Crippen molar-refractivity contribution in [3.63, 3.8) is 0 Å². The number of rotatable bonds is 10. The zero-order valence-corrected chi connectivity index (χ0v) is 20.8. The molecule has 0 bridgehead atoms. The lowest BCUT2D eigenvalue weighted by Crippen LogP contribution is -2.28. The minimum absolute atomic E-state index is 0.0805. The van der Waals surface area contributed by atoms with Gasteiger partial charge in [0.15, 0.2) is 5.58 Å². The fourth-order valence-corrected chi connectivity index (χ4v) is 4.50. The Bertz CT molecular complexity index is 1410. The van der Waals surface area contributed by atoms with Crippen LogP contribution in [0.2, 0.25) is 0 Å². The Morgan fingerprint density at radius 3 is 2.53 bits per heavy atom. The van der Waals surface area contributed by atoms with Crippen LogP contribution in [0, 0.1) is 0 Å². The first-order chi connectivity index (χ1) is 17.7. The average molecular weight is 483 g/mol. The first kappa shape index (κ1) is 23.7. The van der Waals surface area contributed by atoms with Gasteiger partial charge in [-0.25, -0.2) is 0 Å². The molecular formula is C28H30N6O2. The molecule has 1 N–H and O–H groups in total. The topological polar surface area (TPSA) is 93.0 Å². The van der Waals surface area contributed by atoms with Crippen LogP contribution in [0.3, 0.4) is 0 Å². The molecule has 0 radical (unpaired) electrons. The number of para-hydroxylation sites is 1. The van der Waals surface area contributed by atoms with Crippen molar-refractivity contribution in [3.8, 4) is 22.5 Å². The molecule has 0 saturated carbocycles. The first-order valence-corrected chi connectivity index (χ1v) is 12.3.